The minimum atomic E-state index is -0.456. The van der Waals surface area contributed by atoms with Gasteiger partial charge in [0.1, 0.15) is 11.8 Å². The smallest absolute Gasteiger partial charge is 0.264 e. The summed E-state index contributed by atoms with van der Waals surface area (Å²) < 4.78 is 5.42. The highest BCUT2D eigenvalue weighted by molar-refractivity contribution is 7.12. The summed E-state index contributed by atoms with van der Waals surface area (Å²) in [6.07, 6.45) is 1.50. The first-order valence-corrected chi connectivity index (χ1v) is 10.0. The van der Waals surface area contributed by atoms with Crippen molar-refractivity contribution in [2.24, 2.45) is 0 Å². The number of rotatable bonds is 4. The van der Waals surface area contributed by atoms with Gasteiger partial charge >= 0.3 is 0 Å². The predicted molar refractivity (Wildman–Crippen MR) is 109 cm³/mol. The Hall–Kier alpha value is -2.34. The Morgan fingerprint density at radius 2 is 2.04 bits per heavy atom. The van der Waals surface area contributed by atoms with E-state index < -0.39 is 6.04 Å². The molecule has 0 spiro atoms. The number of anilines is 1. The van der Waals surface area contributed by atoms with Gasteiger partial charge in [0, 0.05) is 6.54 Å². The van der Waals surface area contributed by atoms with Gasteiger partial charge in [0.2, 0.25) is 5.91 Å². The molecule has 0 bridgehead atoms. The molecule has 0 aliphatic carbocycles. The third kappa shape index (κ3) is 4.16. The average Bonchev–Trinajstić information content (AvgIpc) is 3.32. The maximum atomic E-state index is 13.0. The van der Waals surface area contributed by atoms with E-state index >= 15 is 0 Å². The zero-order valence-corrected chi connectivity index (χ0v) is 17.1. The Balaban J connectivity index is 1.81. The lowest BCUT2D eigenvalue weighted by Gasteiger charge is -2.25. The molecule has 1 aromatic heterocycles. The second-order valence-corrected chi connectivity index (χ2v) is 8.74. The van der Waals surface area contributed by atoms with Crippen LogP contribution < -0.4 is 10.1 Å². The third-order valence-electron chi connectivity index (χ3n) is 4.87. The number of hydrogen-bond donors (Lipinski definition) is 1. The number of methoxy groups -OCH3 is 1. The molecule has 1 aliphatic rings. The molecule has 1 fully saturated rings. The van der Waals surface area contributed by atoms with Crippen molar-refractivity contribution in [2.45, 2.75) is 45.1 Å². The van der Waals surface area contributed by atoms with E-state index in [1.807, 2.05) is 29.6 Å². The van der Waals surface area contributed by atoms with Gasteiger partial charge in [0.25, 0.3) is 5.91 Å². The molecule has 1 aliphatic heterocycles. The van der Waals surface area contributed by atoms with E-state index in [2.05, 4.69) is 26.1 Å². The monoisotopic (exact) mass is 386 g/mol. The van der Waals surface area contributed by atoms with Crippen LogP contribution in [0.4, 0.5) is 5.69 Å². The van der Waals surface area contributed by atoms with Gasteiger partial charge < -0.3 is 15.0 Å². The van der Waals surface area contributed by atoms with Crippen LogP contribution in [0.3, 0.4) is 0 Å². The number of thiophene rings is 1. The van der Waals surface area contributed by atoms with E-state index in [0.717, 1.165) is 12.0 Å². The molecule has 2 aromatic rings. The van der Waals surface area contributed by atoms with E-state index in [9.17, 15) is 9.59 Å². The Morgan fingerprint density at radius 1 is 1.26 bits per heavy atom. The highest BCUT2D eigenvalue weighted by Crippen LogP contribution is 2.32. The molecule has 5 nitrogen and oxygen atoms in total. The first kappa shape index (κ1) is 19.4. The predicted octanol–water partition coefficient (Wildman–Crippen LogP) is 4.30. The van der Waals surface area contributed by atoms with E-state index in [1.165, 1.54) is 11.3 Å². The molecular formula is C21H26N2O3S. The molecule has 1 saturated heterocycles. The first-order chi connectivity index (χ1) is 12.8. The number of likely N-dealkylation sites (tertiary alicyclic amines) is 1. The van der Waals surface area contributed by atoms with Gasteiger partial charge in [-0.15, -0.1) is 11.3 Å². The molecule has 2 amide bonds. The summed E-state index contributed by atoms with van der Waals surface area (Å²) in [6, 6.07) is 9.04. The van der Waals surface area contributed by atoms with Crippen LogP contribution in [0.1, 0.15) is 48.8 Å². The molecule has 0 saturated carbocycles. The van der Waals surface area contributed by atoms with Crippen molar-refractivity contribution >= 4 is 28.8 Å². The summed E-state index contributed by atoms with van der Waals surface area (Å²) in [5.74, 6) is 0.380. The number of nitrogens with zero attached hydrogens (tertiary/aromatic N) is 1. The number of carbonyl (C=O) groups excluding carboxylic acids is 2. The second kappa shape index (κ2) is 7.72. The molecule has 3 rings (SSSR count). The minimum absolute atomic E-state index is 0.0414. The first-order valence-electron chi connectivity index (χ1n) is 9.15. The SMILES string of the molecule is COc1ccc(C(C)(C)C)cc1NC(=O)[C@@H]1CCCN1C(=O)c1cccs1. The molecule has 0 radical (unpaired) electrons. The number of hydrogen-bond acceptors (Lipinski definition) is 4. The number of nitrogens with one attached hydrogen (secondary N) is 1. The van der Waals surface area contributed by atoms with E-state index in [1.54, 1.807) is 18.1 Å². The second-order valence-electron chi connectivity index (χ2n) is 7.79. The lowest BCUT2D eigenvalue weighted by molar-refractivity contribution is -0.119. The molecule has 1 N–H and O–H groups in total. The van der Waals surface area contributed by atoms with Crippen LogP contribution in [-0.4, -0.2) is 36.4 Å². The van der Waals surface area contributed by atoms with Crippen LogP contribution in [0, 0.1) is 0 Å². The highest BCUT2D eigenvalue weighted by atomic mass is 32.1. The van der Waals surface area contributed by atoms with E-state index in [0.29, 0.717) is 29.3 Å². The van der Waals surface area contributed by atoms with Gasteiger partial charge in [0.05, 0.1) is 17.7 Å². The summed E-state index contributed by atoms with van der Waals surface area (Å²) in [6.45, 7) is 6.98. The maximum Gasteiger partial charge on any atom is 0.264 e. The van der Waals surface area contributed by atoms with Crippen molar-refractivity contribution in [2.75, 3.05) is 19.0 Å². The number of amides is 2. The fourth-order valence-electron chi connectivity index (χ4n) is 3.31. The molecule has 0 unspecified atom stereocenters. The van der Waals surface area contributed by atoms with Crippen molar-refractivity contribution in [1.82, 2.24) is 4.90 Å². The standard InChI is InChI=1S/C21H26N2O3S/c1-21(2,3)14-9-10-17(26-4)15(13-14)22-19(24)16-7-5-11-23(16)20(25)18-8-6-12-27-18/h6,8-10,12-13,16H,5,7,11H2,1-4H3,(H,22,24)/t16-/m0/s1. The van der Waals surface area contributed by atoms with E-state index in [-0.39, 0.29) is 17.2 Å². The molecule has 27 heavy (non-hydrogen) atoms. The van der Waals surface area contributed by atoms with Crippen molar-refractivity contribution < 1.29 is 14.3 Å². The van der Waals surface area contributed by atoms with Crippen LogP contribution in [0.25, 0.3) is 0 Å². The van der Waals surface area contributed by atoms with Crippen molar-refractivity contribution in [3.63, 3.8) is 0 Å². The zero-order valence-electron chi connectivity index (χ0n) is 16.2. The van der Waals surface area contributed by atoms with E-state index in [4.69, 9.17) is 4.74 Å². The molecule has 2 heterocycles. The van der Waals surface area contributed by atoms with Gasteiger partial charge in [-0.2, -0.15) is 0 Å². The summed E-state index contributed by atoms with van der Waals surface area (Å²) >= 11 is 1.40. The summed E-state index contributed by atoms with van der Waals surface area (Å²) in [7, 11) is 1.59. The van der Waals surface area contributed by atoms with Gasteiger partial charge in [-0.1, -0.05) is 32.9 Å². The quantitative estimate of drug-likeness (QED) is 0.852. The fraction of sp³-hybridized carbons (Fsp3) is 0.429. The summed E-state index contributed by atoms with van der Waals surface area (Å²) in [4.78, 5) is 28.0. The lowest BCUT2D eigenvalue weighted by Crippen LogP contribution is -2.43. The minimum Gasteiger partial charge on any atom is -0.495 e. The van der Waals surface area contributed by atoms with Crippen LogP contribution in [0.15, 0.2) is 35.7 Å². The number of benzene rings is 1. The zero-order chi connectivity index (χ0) is 19.6. The Labute approximate surface area is 164 Å². The molecular weight excluding hydrogens is 360 g/mol. The lowest BCUT2D eigenvalue weighted by atomic mass is 9.87. The number of ether oxygens (including phenoxy) is 1. The topological polar surface area (TPSA) is 58.6 Å². The van der Waals surface area contributed by atoms with Crippen LogP contribution in [0.5, 0.6) is 5.75 Å². The van der Waals surface area contributed by atoms with Gasteiger partial charge in [-0.25, -0.2) is 0 Å². The Bertz CT molecular complexity index is 824. The van der Waals surface area contributed by atoms with Crippen molar-refractivity contribution in [3.8, 4) is 5.75 Å². The third-order valence-corrected chi connectivity index (χ3v) is 5.73. The largest absolute Gasteiger partial charge is 0.495 e. The van der Waals surface area contributed by atoms with Crippen LogP contribution in [0.2, 0.25) is 0 Å². The molecule has 6 heteroatoms. The van der Waals surface area contributed by atoms with Gasteiger partial charge in [0.15, 0.2) is 0 Å². The Morgan fingerprint density at radius 3 is 2.67 bits per heavy atom. The van der Waals surface area contributed by atoms with Crippen LogP contribution >= 0.6 is 11.3 Å². The van der Waals surface area contributed by atoms with Crippen LogP contribution in [-0.2, 0) is 10.2 Å². The number of carbonyl (C=O) groups is 2. The van der Waals surface area contributed by atoms with Gasteiger partial charge in [-0.05, 0) is 47.4 Å². The average molecular weight is 387 g/mol. The van der Waals surface area contributed by atoms with Crippen molar-refractivity contribution in [3.05, 3.63) is 46.2 Å². The normalized spacial score (nSPS) is 17.0. The Kier molecular flexibility index (Phi) is 5.56. The molecule has 1 atom stereocenters. The summed E-state index contributed by atoms with van der Waals surface area (Å²) in [5, 5.41) is 4.87. The molecule has 1 aromatic carbocycles. The van der Waals surface area contributed by atoms with Gasteiger partial charge in [-0.3, -0.25) is 9.59 Å². The molecule has 144 valence electrons. The highest BCUT2D eigenvalue weighted by Gasteiger charge is 2.35. The maximum absolute atomic E-state index is 13.0. The summed E-state index contributed by atoms with van der Waals surface area (Å²) in [5.41, 5.74) is 1.71. The fourth-order valence-corrected chi connectivity index (χ4v) is 3.99. The van der Waals surface area contributed by atoms with Crippen molar-refractivity contribution in [1.29, 1.82) is 0 Å².